The fraction of sp³-hybridized carbons (Fsp3) is 0.136. The van der Waals surface area contributed by atoms with Crippen LogP contribution < -0.4 is 15.7 Å². The molecule has 0 spiro atoms. The molecule has 1 heterocycles. The van der Waals surface area contributed by atoms with Crippen molar-refractivity contribution in [3.63, 3.8) is 0 Å². The highest BCUT2D eigenvalue weighted by Gasteiger charge is 2.16. The smallest absolute Gasteiger partial charge is 0.311 e. The number of ether oxygens (including phenoxy) is 1. The monoisotopic (exact) mass is 454 g/mol. The van der Waals surface area contributed by atoms with Crippen LogP contribution in [0.4, 0.5) is 5.69 Å². The summed E-state index contributed by atoms with van der Waals surface area (Å²) in [6.45, 7) is 2.22. The van der Waals surface area contributed by atoms with E-state index in [1.807, 2.05) is 6.07 Å². The van der Waals surface area contributed by atoms with Gasteiger partial charge in [-0.2, -0.15) is 5.10 Å². The molecule has 9 nitrogen and oxygen atoms in total. The number of nitro benzene ring substituents is 1. The molecule has 1 N–H and O–H groups in total. The summed E-state index contributed by atoms with van der Waals surface area (Å²) in [7, 11) is 0. The summed E-state index contributed by atoms with van der Waals surface area (Å²) < 4.78 is 6.60. The highest BCUT2D eigenvalue weighted by molar-refractivity contribution is 6.31. The average Bonchev–Trinajstić information content (AvgIpc) is 2.77. The van der Waals surface area contributed by atoms with Crippen molar-refractivity contribution < 1.29 is 14.5 Å². The minimum Gasteiger partial charge on any atom is -0.487 e. The number of hydrogen-bond acceptors (Lipinski definition) is 6. The second kappa shape index (κ2) is 10.4. The van der Waals surface area contributed by atoms with Gasteiger partial charge in [-0.1, -0.05) is 29.8 Å². The molecule has 1 amide bonds. The van der Waals surface area contributed by atoms with Gasteiger partial charge in [0.1, 0.15) is 5.56 Å². The zero-order valence-corrected chi connectivity index (χ0v) is 17.8. The first-order valence-corrected chi connectivity index (χ1v) is 9.96. The normalized spacial score (nSPS) is 10.8. The number of hydrazone groups is 1. The van der Waals surface area contributed by atoms with Crippen LogP contribution in [0, 0.1) is 10.1 Å². The Bertz CT molecular complexity index is 1240. The molecule has 164 valence electrons. The van der Waals surface area contributed by atoms with Crippen molar-refractivity contribution >= 4 is 29.4 Å². The second-order valence-corrected chi connectivity index (χ2v) is 6.97. The van der Waals surface area contributed by atoms with Gasteiger partial charge in [0.05, 0.1) is 24.3 Å². The Hall–Kier alpha value is -3.98. The summed E-state index contributed by atoms with van der Waals surface area (Å²) in [5, 5.41) is 15.5. The van der Waals surface area contributed by atoms with Gasteiger partial charge in [0.15, 0.2) is 5.75 Å². The quantitative estimate of drug-likeness (QED) is 0.317. The van der Waals surface area contributed by atoms with E-state index in [1.165, 1.54) is 29.0 Å². The summed E-state index contributed by atoms with van der Waals surface area (Å²) in [6, 6.07) is 14.4. The number of pyridine rings is 1. The number of hydrogen-bond donors (Lipinski definition) is 1. The van der Waals surface area contributed by atoms with Gasteiger partial charge in [0.2, 0.25) is 0 Å². The second-order valence-electron chi connectivity index (χ2n) is 6.56. The number of carbonyl (C=O) groups excluding carboxylic acids is 1. The molecule has 0 bridgehead atoms. The number of carbonyl (C=O) groups is 1. The number of halogens is 1. The van der Waals surface area contributed by atoms with Crippen LogP contribution in [-0.2, 0) is 6.54 Å². The van der Waals surface area contributed by atoms with E-state index in [0.717, 1.165) is 5.56 Å². The molecule has 0 unspecified atom stereocenters. The molecule has 0 atom stereocenters. The van der Waals surface area contributed by atoms with Crippen molar-refractivity contribution in [3.05, 3.63) is 103 Å². The van der Waals surface area contributed by atoms with Gasteiger partial charge < -0.3 is 9.30 Å². The molecule has 1 aromatic heterocycles. The van der Waals surface area contributed by atoms with Crippen molar-refractivity contribution in [1.29, 1.82) is 0 Å². The van der Waals surface area contributed by atoms with Crippen molar-refractivity contribution in [2.24, 2.45) is 5.10 Å². The molecule has 0 saturated carbocycles. The largest absolute Gasteiger partial charge is 0.487 e. The average molecular weight is 455 g/mol. The lowest BCUT2D eigenvalue weighted by molar-refractivity contribution is -0.385. The maximum atomic E-state index is 12.7. The number of nitrogens with one attached hydrogen (secondary N) is 1. The molecule has 2 aromatic carbocycles. The SMILES string of the molecule is CCOc1ccc(/C=N\NC(=O)c2cccn(Cc3ccccc3Cl)c2=O)cc1[N+](=O)[O-]. The van der Waals surface area contributed by atoms with Gasteiger partial charge >= 0.3 is 5.69 Å². The molecule has 0 aliphatic carbocycles. The molecule has 3 rings (SSSR count). The Morgan fingerprint density at radius 1 is 1.25 bits per heavy atom. The van der Waals surface area contributed by atoms with Gasteiger partial charge in [-0.05, 0) is 42.8 Å². The molecule has 0 fully saturated rings. The van der Waals surface area contributed by atoms with E-state index in [0.29, 0.717) is 10.6 Å². The molecule has 0 aliphatic rings. The molecule has 0 saturated heterocycles. The standard InChI is InChI=1S/C22H19ClN4O5/c1-2-32-20-10-9-15(12-19(20)27(30)31)13-24-25-21(28)17-7-5-11-26(22(17)29)14-16-6-3-4-8-18(16)23/h3-13H,2,14H2,1H3,(H,25,28)/b24-13-. The van der Waals surface area contributed by atoms with Crippen LogP contribution in [0.2, 0.25) is 5.02 Å². The van der Waals surface area contributed by atoms with E-state index in [4.69, 9.17) is 16.3 Å². The predicted molar refractivity (Wildman–Crippen MR) is 121 cm³/mol. The van der Waals surface area contributed by atoms with Gasteiger partial charge in [-0.25, -0.2) is 5.43 Å². The van der Waals surface area contributed by atoms with Gasteiger partial charge in [0, 0.05) is 22.8 Å². The minimum absolute atomic E-state index is 0.102. The fourth-order valence-electron chi connectivity index (χ4n) is 2.90. The molecular weight excluding hydrogens is 436 g/mol. The summed E-state index contributed by atoms with van der Waals surface area (Å²) >= 11 is 6.15. The van der Waals surface area contributed by atoms with Crippen LogP contribution in [0.15, 0.2) is 70.7 Å². The number of aromatic nitrogens is 1. The Kier molecular flexibility index (Phi) is 7.35. The summed E-state index contributed by atoms with van der Waals surface area (Å²) in [4.78, 5) is 35.8. The van der Waals surface area contributed by atoms with Crippen LogP contribution in [0.5, 0.6) is 5.75 Å². The Balaban J connectivity index is 1.75. The Morgan fingerprint density at radius 2 is 2.03 bits per heavy atom. The first-order chi connectivity index (χ1) is 15.4. The van der Waals surface area contributed by atoms with E-state index in [-0.39, 0.29) is 30.2 Å². The van der Waals surface area contributed by atoms with Gasteiger partial charge in [0.25, 0.3) is 11.5 Å². The third-order valence-corrected chi connectivity index (χ3v) is 4.79. The van der Waals surface area contributed by atoms with Gasteiger partial charge in [-0.15, -0.1) is 0 Å². The first kappa shape index (κ1) is 22.7. The van der Waals surface area contributed by atoms with Crippen molar-refractivity contribution in [3.8, 4) is 5.75 Å². The van der Waals surface area contributed by atoms with Crippen molar-refractivity contribution in [2.45, 2.75) is 13.5 Å². The lowest BCUT2D eigenvalue weighted by atomic mass is 10.2. The van der Waals surface area contributed by atoms with Crippen molar-refractivity contribution in [2.75, 3.05) is 6.61 Å². The zero-order valence-electron chi connectivity index (χ0n) is 17.0. The van der Waals surface area contributed by atoms with Crippen molar-refractivity contribution in [1.82, 2.24) is 9.99 Å². The van der Waals surface area contributed by atoms with E-state index in [1.54, 1.807) is 43.5 Å². The predicted octanol–water partition coefficient (Wildman–Crippen LogP) is 3.62. The van der Waals surface area contributed by atoms with Crippen LogP contribution in [0.1, 0.15) is 28.4 Å². The summed E-state index contributed by atoms with van der Waals surface area (Å²) in [5.41, 5.74) is 2.57. The molecule has 32 heavy (non-hydrogen) atoms. The van der Waals surface area contributed by atoms with Crippen LogP contribution in [-0.4, -0.2) is 28.2 Å². The number of amides is 1. The minimum atomic E-state index is -0.708. The highest BCUT2D eigenvalue weighted by Crippen LogP contribution is 2.27. The van der Waals surface area contributed by atoms with E-state index < -0.39 is 16.4 Å². The summed E-state index contributed by atoms with van der Waals surface area (Å²) in [5.74, 6) is -0.567. The van der Waals surface area contributed by atoms with E-state index in [9.17, 15) is 19.7 Å². The third-order valence-electron chi connectivity index (χ3n) is 4.42. The molecule has 10 heteroatoms. The lowest BCUT2D eigenvalue weighted by Crippen LogP contribution is -2.31. The maximum absolute atomic E-state index is 12.7. The Labute approximate surface area is 188 Å². The van der Waals surface area contributed by atoms with E-state index in [2.05, 4.69) is 10.5 Å². The van der Waals surface area contributed by atoms with Crippen LogP contribution >= 0.6 is 11.6 Å². The molecule has 0 aliphatic heterocycles. The molecule has 0 radical (unpaired) electrons. The maximum Gasteiger partial charge on any atom is 0.311 e. The topological polar surface area (TPSA) is 116 Å². The number of nitrogens with zero attached hydrogens (tertiary/aromatic N) is 3. The molecule has 3 aromatic rings. The summed E-state index contributed by atoms with van der Waals surface area (Å²) in [6.07, 6.45) is 2.80. The number of benzene rings is 2. The zero-order chi connectivity index (χ0) is 23.1. The Morgan fingerprint density at radius 3 is 2.75 bits per heavy atom. The number of nitro groups is 1. The number of rotatable bonds is 8. The van der Waals surface area contributed by atoms with Crippen LogP contribution in [0.3, 0.4) is 0 Å². The lowest BCUT2D eigenvalue weighted by Gasteiger charge is -2.09. The third kappa shape index (κ3) is 5.38. The first-order valence-electron chi connectivity index (χ1n) is 9.58. The van der Waals surface area contributed by atoms with E-state index >= 15 is 0 Å². The highest BCUT2D eigenvalue weighted by atomic mass is 35.5. The van der Waals surface area contributed by atoms with Gasteiger partial charge in [-0.3, -0.25) is 19.7 Å². The molecular formula is C22H19ClN4O5. The van der Waals surface area contributed by atoms with Crippen LogP contribution in [0.25, 0.3) is 0 Å². The fourth-order valence-corrected chi connectivity index (χ4v) is 3.10.